The van der Waals surface area contributed by atoms with E-state index in [-0.39, 0.29) is 18.6 Å². The molecule has 0 fully saturated rings. The van der Waals surface area contributed by atoms with E-state index in [1.807, 2.05) is 6.07 Å². The number of rotatable bonds is 4. The molecule has 0 aliphatic carbocycles. The Bertz CT molecular complexity index is 287. The number of nitrogens with zero attached hydrogens (tertiary/aromatic N) is 1. The molecule has 2 N–H and O–H groups in total. The molecule has 14 heavy (non-hydrogen) atoms. The molecular formula is C10H14N2O2. The molecule has 0 saturated carbocycles. The lowest BCUT2D eigenvalue weighted by molar-refractivity contribution is -0.121. The lowest BCUT2D eigenvalue weighted by Gasteiger charge is -2.15. The van der Waals surface area contributed by atoms with Gasteiger partial charge < -0.3 is 10.4 Å². The van der Waals surface area contributed by atoms with E-state index < -0.39 is 0 Å². The van der Waals surface area contributed by atoms with Crippen molar-refractivity contribution in [3.8, 4) is 0 Å². The van der Waals surface area contributed by atoms with Gasteiger partial charge in [0.15, 0.2) is 0 Å². The van der Waals surface area contributed by atoms with Crippen molar-refractivity contribution < 1.29 is 9.90 Å². The molecule has 0 unspecified atom stereocenters. The SMILES string of the molecule is CCC(=O)N[C@@H](CO)c1cccnc1. The molecular weight excluding hydrogens is 180 g/mol. The number of hydrogen-bond donors (Lipinski definition) is 2. The van der Waals surface area contributed by atoms with E-state index in [1.54, 1.807) is 25.4 Å². The minimum atomic E-state index is -0.351. The molecule has 0 aromatic carbocycles. The molecule has 0 spiro atoms. The third kappa shape index (κ3) is 2.81. The van der Waals surface area contributed by atoms with Crippen LogP contribution in [-0.4, -0.2) is 22.6 Å². The van der Waals surface area contributed by atoms with Gasteiger partial charge in [-0.15, -0.1) is 0 Å². The zero-order chi connectivity index (χ0) is 10.4. The maximum atomic E-state index is 11.1. The summed E-state index contributed by atoms with van der Waals surface area (Å²) in [6.45, 7) is 1.66. The number of aliphatic hydroxyl groups is 1. The summed E-state index contributed by atoms with van der Waals surface area (Å²) in [5.41, 5.74) is 0.816. The fraction of sp³-hybridized carbons (Fsp3) is 0.400. The van der Waals surface area contributed by atoms with Crippen LogP contribution >= 0.6 is 0 Å². The number of carbonyl (C=O) groups excluding carboxylic acids is 1. The molecule has 0 radical (unpaired) electrons. The van der Waals surface area contributed by atoms with Crippen molar-refractivity contribution in [1.29, 1.82) is 0 Å². The fourth-order valence-corrected chi connectivity index (χ4v) is 1.11. The molecule has 1 rings (SSSR count). The number of pyridine rings is 1. The van der Waals surface area contributed by atoms with Crippen molar-refractivity contribution >= 4 is 5.91 Å². The molecule has 1 amide bonds. The smallest absolute Gasteiger partial charge is 0.220 e. The van der Waals surface area contributed by atoms with E-state index in [4.69, 9.17) is 5.11 Å². The van der Waals surface area contributed by atoms with Crippen molar-refractivity contribution in [3.05, 3.63) is 30.1 Å². The predicted molar refractivity (Wildman–Crippen MR) is 52.5 cm³/mol. The van der Waals surface area contributed by atoms with Gasteiger partial charge >= 0.3 is 0 Å². The largest absolute Gasteiger partial charge is 0.394 e. The highest BCUT2D eigenvalue weighted by molar-refractivity contribution is 5.76. The highest BCUT2D eigenvalue weighted by Gasteiger charge is 2.11. The Kier molecular flexibility index (Phi) is 4.07. The highest BCUT2D eigenvalue weighted by Crippen LogP contribution is 2.09. The van der Waals surface area contributed by atoms with E-state index in [0.29, 0.717) is 6.42 Å². The third-order valence-electron chi connectivity index (χ3n) is 1.93. The van der Waals surface area contributed by atoms with Crippen LogP contribution in [0.2, 0.25) is 0 Å². The maximum absolute atomic E-state index is 11.1. The molecule has 1 aromatic heterocycles. The summed E-state index contributed by atoms with van der Waals surface area (Å²) in [5.74, 6) is -0.0760. The van der Waals surface area contributed by atoms with Gasteiger partial charge in [0.05, 0.1) is 12.6 Å². The molecule has 0 aliphatic rings. The number of amides is 1. The fourth-order valence-electron chi connectivity index (χ4n) is 1.11. The second-order valence-electron chi connectivity index (χ2n) is 2.94. The van der Waals surface area contributed by atoms with Crippen molar-refractivity contribution in [2.45, 2.75) is 19.4 Å². The first-order valence-corrected chi connectivity index (χ1v) is 4.58. The summed E-state index contributed by atoms with van der Waals surface area (Å²) in [6.07, 6.45) is 3.70. The molecule has 1 aromatic rings. The van der Waals surface area contributed by atoms with Crippen molar-refractivity contribution in [1.82, 2.24) is 10.3 Å². The Morgan fingerprint density at radius 1 is 1.71 bits per heavy atom. The van der Waals surface area contributed by atoms with Gasteiger partial charge in [0, 0.05) is 18.8 Å². The Labute approximate surface area is 83.0 Å². The van der Waals surface area contributed by atoms with Crippen LogP contribution in [-0.2, 0) is 4.79 Å². The Hall–Kier alpha value is -1.42. The summed E-state index contributed by atoms with van der Waals surface area (Å²) in [5, 5.41) is 11.8. The molecule has 76 valence electrons. The monoisotopic (exact) mass is 194 g/mol. The third-order valence-corrected chi connectivity index (χ3v) is 1.93. The molecule has 0 aliphatic heterocycles. The average molecular weight is 194 g/mol. The van der Waals surface area contributed by atoms with Gasteiger partial charge in [0.2, 0.25) is 5.91 Å². The van der Waals surface area contributed by atoms with Crippen molar-refractivity contribution in [2.24, 2.45) is 0 Å². The van der Waals surface area contributed by atoms with E-state index >= 15 is 0 Å². The number of carbonyl (C=O) groups is 1. The van der Waals surface area contributed by atoms with Crippen LogP contribution < -0.4 is 5.32 Å². The standard InChI is InChI=1S/C10H14N2O2/c1-2-10(14)12-9(7-13)8-4-3-5-11-6-8/h3-6,9,13H,2,7H2,1H3,(H,12,14)/t9-/m0/s1. The number of nitrogens with one attached hydrogen (secondary N) is 1. The molecule has 4 heteroatoms. The van der Waals surface area contributed by atoms with Crippen LogP contribution in [0.4, 0.5) is 0 Å². The van der Waals surface area contributed by atoms with Gasteiger partial charge in [0.25, 0.3) is 0 Å². The molecule has 1 heterocycles. The minimum Gasteiger partial charge on any atom is -0.394 e. The second-order valence-corrected chi connectivity index (χ2v) is 2.94. The Morgan fingerprint density at radius 3 is 3.00 bits per heavy atom. The van der Waals surface area contributed by atoms with Gasteiger partial charge in [-0.2, -0.15) is 0 Å². The molecule has 0 bridgehead atoms. The van der Waals surface area contributed by atoms with E-state index in [0.717, 1.165) is 5.56 Å². The van der Waals surface area contributed by atoms with Crippen LogP contribution in [0.25, 0.3) is 0 Å². The molecule has 0 saturated heterocycles. The van der Waals surface area contributed by atoms with Gasteiger partial charge in [-0.3, -0.25) is 9.78 Å². The summed E-state index contributed by atoms with van der Waals surface area (Å²) < 4.78 is 0. The molecule has 4 nitrogen and oxygen atoms in total. The molecule has 1 atom stereocenters. The topological polar surface area (TPSA) is 62.2 Å². The van der Waals surface area contributed by atoms with Gasteiger partial charge in [-0.25, -0.2) is 0 Å². The van der Waals surface area contributed by atoms with Crippen molar-refractivity contribution in [2.75, 3.05) is 6.61 Å². The highest BCUT2D eigenvalue weighted by atomic mass is 16.3. The van der Waals surface area contributed by atoms with E-state index in [2.05, 4.69) is 10.3 Å². The lowest BCUT2D eigenvalue weighted by atomic mass is 10.1. The zero-order valence-electron chi connectivity index (χ0n) is 8.10. The Balaban J connectivity index is 2.68. The van der Waals surface area contributed by atoms with Crippen LogP contribution in [0.15, 0.2) is 24.5 Å². The van der Waals surface area contributed by atoms with E-state index in [1.165, 1.54) is 0 Å². The van der Waals surface area contributed by atoms with Crippen LogP contribution in [0.1, 0.15) is 24.9 Å². The predicted octanol–water partition coefficient (Wildman–Crippen LogP) is 0.641. The van der Waals surface area contributed by atoms with Crippen molar-refractivity contribution in [3.63, 3.8) is 0 Å². The van der Waals surface area contributed by atoms with Crippen LogP contribution in [0, 0.1) is 0 Å². The summed E-state index contributed by atoms with van der Waals surface area (Å²) in [4.78, 5) is 15.0. The number of hydrogen-bond acceptors (Lipinski definition) is 3. The first-order chi connectivity index (χ1) is 6.77. The van der Waals surface area contributed by atoms with Gasteiger partial charge in [0.1, 0.15) is 0 Å². The quantitative estimate of drug-likeness (QED) is 0.739. The van der Waals surface area contributed by atoms with Gasteiger partial charge in [-0.05, 0) is 11.6 Å². The first-order valence-electron chi connectivity index (χ1n) is 4.58. The zero-order valence-corrected chi connectivity index (χ0v) is 8.10. The van der Waals surface area contributed by atoms with Crippen LogP contribution in [0.3, 0.4) is 0 Å². The minimum absolute atomic E-state index is 0.0760. The normalized spacial score (nSPS) is 12.1. The second kappa shape index (κ2) is 5.34. The average Bonchev–Trinajstić information content (AvgIpc) is 2.26. The maximum Gasteiger partial charge on any atom is 0.220 e. The first kappa shape index (κ1) is 10.7. The summed E-state index contributed by atoms with van der Waals surface area (Å²) >= 11 is 0. The van der Waals surface area contributed by atoms with E-state index in [9.17, 15) is 4.79 Å². The Morgan fingerprint density at radius 2 is 2.50 bits per heavy atom. The van der Waals surface area contributed by atoms with Crippen LogP contribution in [0.5, 0.6) is 0 Å². The lowest BCUT2D eigenvalue weighted by Crippen LogP contribution is -2.30. The summed E-state index contributed by atoms with van der Waals surface area (Å²) in [7, 11) is 0. The number of aromatic nitrogens is 1. The van der Waals surface area contributed by atoms with Gasteiger partial charge in [-0.1, -0.05) is 13.0 Å². The summed E-state index contributed by atoms with van der Waals surface area (Å²) in [6, 6.07) is 3.25. The number of aliphatic hydroxyl groups excluding tert-OH is 1.